The minimum Gasteiger partial charge on any atom is -0.378 e. The molecular formula is C10H21N3OS. The highest BCUT2D eigenvalue weighted by molar-refractivity contribution is 8.26. The summed E-state index contributed by atoms with van der Waals surface area (Å²) < 4.78 is 0. The second-order valence-corrected chi connectivity index (χ2v) is 4.24. The van der Waals surface area contributed by atoms with Crippen LogP contribution in [0, 0.1) is 0 Å². The molecule has 0 aliphatic carbocycles. The average molecular weight is 231 g/mol. The third-order valence-corrected chi connectivity index (χ3v) is 2.44. The van der Waals surface area contributed by atoms with Crippen LogP contribution in [-0.2, 0) is 0 Å². The Morgan fingerprint density at radius 3 is 2.60 bits per heavy atom. The molecule has 0 aromatic rings. The minimum absolute atomic E-state index is 0.110. The van der Waals surface area contributed by atoms with Crippen molar-refractivity contribution in [3.05, 3.63) is 0 Å². The molecule has 0 atom stereocenters. The second kappa shape index (κ2) is 9.83. The largest absolute Gasteiger partial charge is 0.378 e. The number of rotatable bonds is 6. The predicted molar refractivity (Wildman–Crippen MR) is 67.3 cm³/mol. The van der Waals surface area contributed by atoms with Crippen LogP contribution < -0.4 is 11.1 Å². The van der Waals surface area contributed by atoms with Gasteiger partial charge < -0.3 is 11.1 Å². The quantitative estimate of drug-likeness (QED) is 0.419. The second-order valence-electron chi connectivity index (χ2n) is 3.24. The van der Waals surface area contributed by atoms with Crippen molar-refractivity contribution in [2.45, 2.75) is 39.5 Å². The summed E-state index contributed by atoms with van der Waals surface area (Å²) in [6.07, 6.45) is 4.17. The zero-order valence-corrected chi connectivity index (χ0v) is 10.4. The van der Waals surface area contributed by atoms with E-state index in [2.05, 4.69) is 24.2 Å². The molecule has 0 aromatic heterocycles. The highest BCUT2D eigenvalue weighted by Crippen LogP contribution is 2.02. The monoisotopic (exact) mass is 231 g/mol. The van der Waals surface area contributed by atoms with Gasteiger partial charge in [-0.2, -0.15) is 0 Å². The topological polar surface area (TPSA) is 67.5 Å². The number of thioether (sulfide) groups is 1. The first kappa shape index (κ1) is 14.3. The summed E-state index contributed by atoms with van der Waals surface area (Å²) in [5.41, 5.74) is 5.57. The molecule has 15 heavy (non-hydrogen) atoms. The Labute approximate surface area is 96.1 Å². The van der Waals surface area contributed by atoms with Crippen LogP contribution in [0.3, 0.4) is 0 Å². The van der Waals surface area contributed by atoms with Crippen LogP contribution in [0.1, 0.15) is 39.5 Å². The van der Waals surface area contributed by atoms with Gasteiger partial charge in [-0.15, -0.1) is 0 Å². The number of hydrogen-bond donors (Lipinski definition) is 2. The number of hydrogen-bond acceptors (Lipinski definition) is 3. The van der Waals surface area contributed by atoms with Crippen molar-refractivity contribution in [3.63, 3.8) is 0 Å². The molecule has 0 heterocycles. The fourth-order valence-electron chi connectivity index (χ4n) is 0.878. The zero-order valence-electron chi connectivity index (χ0n) is 9.58. The number of amides is 1. The van der Waals surface area contributed by atoms with Gasteiger partial charge in [-0.25, -0.2) is 0 Å². The van der Waals surface area contributed by atoms with Crippen molar-refractivity contribution in [2.75, 3.05) is 13.1 Å². The summed E-state index contributed by atoms with van der Waals surface area (Å²) in [5, 5.41) is 3.02. The van der Waals surface area contributed by atoms with E-state index in [1.165, 1.54) is 0 Å². The Hall–Kier alpha value is -0.710. The molecule has 0 radical (unpaired) electrons. The highest BCUT2D eigenvalue weighted by Gasteiger charge is 2.03. The van der Waals surface area contributed by atoms with E-state index in [0.717, 1.165) is 37.4 Å². The molecule has 0 aliphatic rings. The summed E-state index contributed by atoms with van der Waals surface area (Å²) in [5.74, 6) is 0. The first-order valence-electron chi connectivity index (χ1n) is 5.46. The number of amidine groups is 1. The molecule has 1 amide bonds. The van der Waals surface area contributed by atoms with Crippen LogP contribution in [-0.4, -0.2) is 23.5 Å². The van der Waals surface area contributed by atoms with Gasteiger partial charge in [0.15, 0.2) is 5.17 Å². The molecule has 88 valence electrons. The number of carbonyl (C=O) groups is 1. The Morgan fingerprint density at radius 1 is 1.33 bits per heavy atom. The third kappa shape index (κ3) is 9.59. The molecule has 0 saturated carbocycles. The van der Waals surface area contributed by atoms with Crippen molar-refractivity contribution in [1.29, 1.82) is 0 Å². The van der Waals surface area contributed by atoms with E-state index in [0.29, 0.717) is 18.3 Å². The van der Waals surface area contributed by atoms with E-state index in [1.807, 2.05) is 0 Å². The smallest absolute Gasteiger partial charge is 0.286 e. The summed E-state index contributed by atoms with van der Waals surface area (Å²) in [6, 6.07) is 0. The maximum absolute atomic E-state index is 11.3. The number of carbonyl (C=O) groups excluding carboxylic acids is 1. The molecule has 0 saturated heterocycles. The van der Waals surface area contributed by atoms with Gasteiger partial charge >= 0.3 is 0 Å². The molecule has 0 fully saturated rings. The van der Waals surface area contributed by atoms with Crippen LogP contribution in [0.25, 0.3) is 0 Å². The average Bonchev–Trinajstić information content (AvgIpc) is 2.18. The fourth-order valence-corrected chi connectivity index (χ4v) is 1.40. The van der Waals surface area contributed by atoms with Crippen molar-refractivity contribution in [2.24, 2.45) is 10.7 Å². The maximum Gasteiger partial charge on any atom is 0.286 e. The first-order chi connectivity index (χ1) is 7.20. The van der Waals surface area contributed by atoms with E-state index in [9.17, 15) is 4.79 Å². The zero-order chi connectivity index (χ0) is 11.5. The fraction of sp³-hybridized carbons (Fsp3) is 0.800. The summed E-state index contributed by atoms with van der Waals surface area (Å²) >= 11 is 0.978. The van der Waals surface area contributed by atoms with E-state index in [-0.39, 0.29) is 5.24 Å². The van der Waals surface area contributed by atoms with Crippen molar-refractivity contribution in [1.82, 2.24) is 5.32 Å². The standard InChI is InChI=1S/C10H21N3OS/c1-3-5-7-12-9(11)15-10(14)13-8-6-4-2/h3-8H2,1-2H3,(H2,11,12)(H,13,14). The van der Waals surface area contributed by atoms with Gasteiger partial charge in [0.05, 0.1) is 0 Å². The summed E-state index contributed by atoms with van der Waals surface area (Å²) in [7, 11) is 0. The Bertz CT molecular complexity index is 207. The van der Waals surface area contributed by atoms with Crippen LogP contribution in [0.15, 0.2) is 4.99 Å². The van der Waals surface area contributed by atoms with Crippen LogP contribution in [0.5, 0.6) is 0 Å². The number of nitrogens with two attached hydrogens (primary N) is 1. The van der Waals surface area contributed by atoms with Gasteiger partial charge in [-0.1, -0.05) is 26.7 Å². The Balaban J connectivity index is 3.60. The molecule has 0 aromatic carbocycles. The minimum atomic E-state index is -0.110. The van der Waals surface area contributed by atoms with Crippen molar-refractivity contribution in [3.8, 4) is 0 Å². The molecule has 0 aliphatic heterocycles. The number of nitrogens with one attached hydrogen (secondary N) is 1. The van der Waals surface area contributed by atoms with Gasteiger partial charge in [0.1, 0.15) is 0 Å². The van der Waals surface area contributed by atoms with Crippen LogP contribution in [0.4, 0.5) is 4.79 Å². The van der Waals surface area contributed by atoms with Crippen LogP contribution in [0.2, 0.25) is 0 Å². The van der Waals surface area contributed by atoms with Crippen molar-refractivity contribution >= 4 is 22.2 Å². The van der Waals surface area contributed by atoms with E-state index >= 15 is 0 Å². The number of aliphatic imine (C=N–C) groups is 1. The molecule has 0 unspecified atom stereocenters. The lowest BCUT2D eigenvalue weighted by Crippen LogP contribution is -2.23. The van der Waals surface area contributed by atoms with Gasteiger partial charge in [0, 0.05) is 24.9 Å². The normalized spacial score (nSPS) is 11.5. The molecule has 0 rings (SSSR count). The van der Waals surface area contributed by atoms with Gasteiger partial charge in [0.2, 0.25) is 0 Å². The van der Waals surface area contributed by atoms with E-state index in [1.54, 1.807) is 0 Å². The lowest BCUT2D eigenvalue weighted by molar-refractivity contribution is 0.261. The van der Waals surface area contributed by atoms with Gasteiger partial charge in [0.25, 0.3) is 5.24 Å². The third-order valence-electron chi connectivity index (χ3n) is 1.78. The molecule has 5 heteroatoms. The SMILES string of the molecule is CCCCN=C(N)SC(=O)NCCCC. The van der Waals surface area contributed by atoms with E-state index in [4.69, 9.17) is 5.73 Å². The van der Waals surface area contributed by atoms with E-state index < -0.39 is 0 Å². The molecule has 0 bridgehead atoms. The number of unbranched alkanes of at least 4 members (excludes halogenated alkanes) is 2. The Morgan fingerprint density at radius 2 is 2.00 bits per heavy atom. The molecule has 3 N–H and O–H groups in total. The number of nitrogens with zero attached hydrogens (tertiary/aromatic N) is 1. The summed E-state index contributed by atoms with van der Waals surface area (Å²) in [4.78, 5) is 15.3. The van der Waals surface area contributed by atoms with Gasteiger partial charge in [-0.3, -0.25) is 9.79 Å². The molecule has 4 nitrogen and oxygen atoms in total. The maximum atomic E-state index is 11.3. The predicted octanol–water partition coefficient (Wildman–Crippen LogP) is 2.34. The molecule has 0 spiro atoms. The Kier molecular flexibility index (Phi) is 9.36. The molecular weight excluding hydrogens is 210 g/mol. The lowest BCUT2D eigenvalue weighted by atomic mass is 10.3. The van der Waals surface area contributed by atoms with Crippen LogP contribution >= 0.6 is 11.8 Å². The lowest BCUT2D eigenvalue weighted by Gasteiger charge is -2.02. The first-order valence-corrected chi connectivity index (χ1v) is 6.28. The highest BCUT2D eigenvalue weighted by atomic mass is 32.2. The summed E-state index contributed by atoms with van der Waals surface area (Å²) in [6.45, 7) is 5.60. The van der Waals surface area contributed by atoms with Gasteiger partial charge in [-0.05, 0) is 12.8 Å². The van der Waals surface area contributed by atoms with Crippen molar-refractivity contribution < 1.29 is 4.79 Å².